The summed E-state index contributed by atoms with van der Waals surface area (Å²) < 4.78 is 0. The van der Waals surface area contributed by atoms with E-state index in [-0.39, 0.29) is 12.5 Å². The number of hydrogen-bond donors (Lipinski definition) is 2. The monoisotopic (exact) mass is 235 g/mol. The molecule has 0 aliphatic rings. The molecule has 0 heterocycles. The van der Waals surface area contributed by atoms with Gasteiger partial charge in [-0.1, -0.05) is 23.8 Å². The Kier molecular flexibility index (Phi) is 5.16. The summed E-state index contributed by atoms with van der Waals surface area (Å²) in [7, 11) is 1.92. The minimum Gasteiger partial charge on any atom is -0.481 e. The van der Waals surface area contributed by atoms with Crippen LogP contribution >= 0.6 is 0 Å². The Morgan fingerprint density at radius 3 is 2.71 bits per heavy atom. The van der Waals surface area contributed by atoms with Gasteiger partial charge in [0.1, 0.15) is 0 Å². The van der Waals surface area contributed by atoms with Gasteiger partial charge in [-0.3, -0.25) is 4.79 Å². The number of aryl methyl sites for hydroxylation is 2. The predicted octanol–water partition coefficient (Wildman–Crippen LogP) is 2.82. The lowest BCUT2D eigenvalue weighted by molar-refractivity contribution is -0.137. The molecule has 1 atom stereocenters. The Labute approximate surface area is 103 Å². The molecule has 0 aromatic heterocycles. The summed E-state index contributed by atoms with van der Waals surface area (Å²) in [5, 5.41) is 11.9. The van der Waals surface area contributed by atoms with E-state index < -0.39 is 5.97 Å². The molecule has 3 heteroatoms. The molecule has 0 radical (unpaired) electrons. The summed E-state index contributed by atoms with van der Waals surface area (Å²) in [5.74, 6) is -0.721. The van der Waals surface area contributed by atoms with Crippen LogP contribution in [0.5, 0.6) is 0 Å². The summed E-state index contributed by atoms with van der Waals surface area (Å²) in [6, 6.07) is 6.64. The third-order valence-corrected chi connectivity index (χ3v) is 3.04. The van der Waals surface area contributed by atoms with E-state index in [1.165, 1.54) is 16.7 Å². The van der Waals surface area contributed by atoms with Crippen LogP contribution in [0.3, 0.4) is 0 Å². The molecule has 0 aliphatic carbocycles. The first-order valence-electron chi connectivity index (χ1n) is 6.00. The van der Waals surface area contributed by atoms with Gasteiger partial charge in [-0.2, -0.15) is 0 Å². The second-order valence-corrected chi connectivity index (χ2v) is 4.49. The van der Waals surface area contributed by atoms with E-state index in [0.717, 1.165) is 6.42 Å². The minimum atomic E-state index is -0.721. The van der Waals surface area contributed by atoms with Gasteiger partial charge in [-0.25, -0.2) is 0 Å². The summed E-state index contributed by atoms with van der Waals surface area (Å²) in [6.07, 6.45) is 1.80. The highest BCUT2D eigenvalue weighted by Gasteiger charge is 2.12. The van der Waals surface area contributed by atoms with Crippen molar-refractivity contribution in [2.75, 3.05) is 7.05 Å². The fraction of sp³-hybridized carbons (Fsp3) is 0.500. The first kappa shape index (κ1) is 13.7. The SMILES string of the molecule is CNC(CCCC(=O)O)c1cc(C)ccc1C. The van der Waals surface area contributed by atoms with Crippen molar-refractivity contribution in [2.24, 2.45) is 0 Å². The zero-order valence-electron chi connectivity index (χ0n) is 10.8. The Balaban J connectivity index is 2.72. The molecule has 3 nitrogen and oxygen atoms in total. The second kappa shape index (κ2) is 6.40. The predicted molar refractivity (Wildman–Crippen MR) is 69.2 cm³/mol. The molecular formula is C14H21NO2. The number of carboxylic acids is 1. The van der Waals surface area contributed by atoms with Crippen molar-refractivity contribution >= 4 is 5.97 Å². The average Bonchev–Trinajstić information content (AvgIpc) is 2.28. The Morgan fingerprint density at radius 2 is 2.12 bits per heavy atom. The van der Waals surface area contributed by atoms with E-state index in [1.54, 1.807) is 0 Å². The van der Waals surface area contributed by atoms with Crippen molar-refractivity contribution in [3.63, 3.8) is 0 Å². The van der Waals surface area contributed by atoms with Crippen LogP contribution in [0.2, 0.25) is 0 Å². The maximum atomic E-state index is 10.5. The number of carbonyl (C=O) groups is 1. The van der Waals surface area contributed by atoms with Gasteiger partial charge in [0, 0.05) is 12.5 Å². The molecule has 1 rings (SSSR count). The number of nitrogens with one attached hydrogen (secondary N) is 1. The van der Waals surface area contributed by atoms with Crippen molar-refractivity contribution in [1.82, 2.24) is 5.32 Å². The van der Waals surface area contributed by atoms with Crippen molar-refractivity contribution < 1.29 is 9.90 Å². The molecule has 1 aromatic rings. The molecule has 0 saturated heterocycles. The van der Waals surface area contributed by atoms with E-state index in [9.17, 15) is 4.79 Å². The van der Waals surface area contributed by atoms with Crippen molar-refractivity contribution in [3.8, 4) is 0 Å². The van der Waals surface area contributed by atoms with E-state index in [4.69, 9.17) is 5.11 Å². The Morgan fingerprint density at radius 1 is 1.41 bits per heavy atom. The molecule has 0 aliphatic heterocycles. The van der Waals surface area contributed by atoms with Crippen LogP contribution in [0, 0.1) is 13.8 Å². The molecule has 1 unspecified atom stereocenters. The zero-order valence-corrected chi connectivity index (χ0v) is 10.8. The minimum absolute atomic E-state index is 0.239. The normalized spacial score (nSPS) is 12.4. The summed E-state index contributed by atoms with van der Waals surface area (Å²) in [4.78, 5) is 10.5. The number of hydrogen-bond acceptors (Lipinski definition) is 2. The van der Waals surface area contributed by atoms with Crippen LogP contribution in [0.4, 0.5) is 0 Å². The van der Waals surface area contributed by atoms with Gasteiger partial charge < -0.3 is 10.4 Å². The highest BCUT2D eigenvalue weighted by molar-refractivity contribution is 5.66. The summed E-state index contributed by atoms with van der Waals surface area (Å²) in [5.41, 5.74) is 3.77. The average molecular weight is 235 g/mol. The second-order valence-electron chi connectivity index (χ2n) is 4.49. The molecule has 2 N–H and O–H groups in total. The molecular weight excluding hydrogens is 214 g/mol. The molecule has 94 valence electrons. The van der Waals surface area contributed by atoms with E-state index in [1.807, 2.05) is 7.05 Å². The smallest absolute Gasteiger partial charge is 0.303 e. The fourth-order valence-electron chi connectivity index (χ4n) is 2.05. The highest BCUT2D eigenvalue weighted by atomic mass is 16.4. The van der Waals surface area contributed by atoms with Crippen LogP contribution < -0.4 is 5.32 Å². The van der Waals surface area contributed by atoms with Crippen LogP contribution in [0.15, 0.2) is 18.2 Å². The van der Waals surface area contributed by atoms with Crippen molar-refractivity contribution in [2.45, 2.75) is 39.2 Å². The quantitative estimate of drug-likeness (QED) is 0.797. The maximum Gasteiger partial charge on any atom is 0.303 e. The molecule has 17 heavy (non-hydrogen) atoms. The van der Waals surface area contributed by atoms with Crippen molar-refractivity contribution in [3.05, 3.63) is 34.9 Å². The molecule has 0 saturated carbocycles. The van der Waals surface area contributed by atoms with Gasteiger partial charge >= 0.3 is 5.97 Å². The number of aliphatic carboxylic acids is 1. The fourth-order valence-corrected chi connectivity index (χ4v) is 2.05. The Bertz CT molecular complexity index is 388. The third-order valence-electron chi connectivity index (χ3n) is 3.04. The Hall–Kier alpha value is -1.35. The van der Waals surface area contributed by atoms with Gasteiger partial charge in [0.25, 0.3) is 0 Å². The van der Waals surface area contributed by atoms with E-state index in [0.29, 0.717) is 6.42 Å². The van der Waals surface area contributed by atoms with Crippen LogP contribution in [-0.4, -0.2) is 18.1 Å². The summed E-state index contributed by atoms with van der Waals surface area (Å²) in [6.45, 7) is 4.17. The topological polar surface area (TPSA) is 49.3 Å². The lowest BCUT2D eigenvalue weighted by Crippen LogP contribution is -2.18. The zero-order chi connectivity index (χ0) is 12.8. The molecule has 0 spiro atoms. The molecule has 1 aromatic carbocycles. The third kappa shape index (κ3) is 4.19. The molecule has 0 bridgehead atoms. The standard InChI is InChI=1S/C14H21NO2/c1-10-7-8-11(2)12(9-10)13(15-3)5-4-6-14(16)17/h7-9,13,15H,4-6H2,1-3H3,(H,16,17). The molecule has 0 amide bonds. The van der Waals surface area contributed by atoms with Crippen LogP contribution in [0.25, 0.3) is 0 Å². The van der Waals surface area contributed by atoms with E-state index in [2.05, 4.69) is 37.4 Å². The first-order chi connectivity index (χ1) is 8.04. The van der Waals surface area contributed by atoms with Gasteiger partial charge in [0.15, 0.2) is 0 Å². The van der Waals surface area contributed by atoms with Gasteiger partial charge in [0.05, 0.1) is 0 Å². The number of rotatable bonds is 6. The lowest BCUT2D eigenvalue weighted by atomic mass is 9.95. The van der Waals surface area contributed by atoms with Crippen LogP contribution in [0.1, 0.15) is 42.0 Å². The first-order valence-corrected chi connectivity index (χ1v) is 6.00. The van der Waals surface area contributed by atoms with Gasteiger partial charge in [-0.15, -0.1) is 0 Å². The highest BCUT2D eigenvalue weighted by Crippen LogP contribution is 2.23. The largest absolute Gasteiger partial charge is 0.481 e. The molecule has 0 fully saturated rings. The van der Waals surface area contributed by atoms with Crippen LogP contribution in [-0.2, 0) is 4.79 Å². The summed E-state index contributed by atoms with van der Waals surface area (Å²) >= 11 is 0. The van der Waals surface area contributed by atoms with Gasteiger partial charge in [-0.05, 0) is 44.9 Å². The number of carboxylic acid groups (broad SMARTS) is 1. The maximum absolute atomic E-state index is 10.5. The van der Waals surface area contributed by atoms with Gasteiger partial charge in [0.2, 0.25) is 0 Å². The van der Waals surface area contributed by atoms with Crippen molar-refractivity contribution in [1.29, 1.82) is 0 Å². The van der Waals surface area contributed by atoms with E-state index >= 15 is 0 Å². The number of benzene rings is 1. The lowest BCUT2D eigenvalue weighted by Gasteiger charge is -2.19.